The fourth-order valence-electron chi connectivity index (χ4n) is 8.03. The van der Waals surface area contributed by atoms with Gasteiger partial charge in [-0.25, -0.2) is 4.79 Å². The molecule has 17 heteroatoms. The van der Waals surface area contributed by atoms with Gasteiger partial charge in [0, 0.05) is 54.2 Å². The maximum absolute atomic E-state index is 13.9. The van der Waals surface area contributed by atoms with E-state index in [0.29, 0.717) is 23.1 Å². The number of thioether (sulfide) groups is 1. The molecule has 12 atom stereocenters. The summed E-state index contributed by atoms with van der Waals surface area (Å²) in [4.78, 5) is 44.8. The number of hydrogen-bond acceptors (Lipinski definition) is 17. The molecule has 4 aromatic rings. The molecule has 0 aliphatic carbocycles. The third-order valence-electron chi connectivity index (χ3n) is 11.2. The van der Waals surface area contributed by atoms with Crippen LogP contribution in [0.3, 0.4) is 0 Å². The SMILES string of the molecule is CC(C)CC(=O)OC[C@H]1O[C@H](O[C@@H]2[C@H](OC(=O)Cc3ccnc4ccccc34)C[C@@H](O[C@@H]3[C@H](N)C[C@@H](Sc4ccccc4)O[C@@H]3COC(=O)c3ccccc3)O[C@@H]2CO)C[C@@H](N)[C@H]1O. The Balaban J connectivity index is 1.11. The van der Waals surface area contributed by atoms with E-state index < -0.39 is 97.3 Å². The van der Waals surface area contributed by atoms with Crippen LogP contribution in [-0.4, -0.2) is 126 Å². The lowest BCUT2D eigenvalue weighted by Gasteiger charge is -2.46. The van der Waals surface area contributed by atoms with E-state index in [1.165, 1.54) is 11.8 Å². The molecule has 344 valence electrons. The quantitative estimate of drug-likeness (QED) is 0.0865. The number of hydrogen-bond donors (Lipinski definition) is 4. The van der Waals surface area contributed by atoms with Gasteiger partial charge in [-0.2, -0.15) is 0 Å². The summed E-state index contributed by atoms with van der Waals surface area (Å²) in [6, 6.07) is 26.0. The molecule has 3 saturated heterocycles. The summed E-state index contributed by atoms with van der Waals surface area (Å²) < 4.78 is 49.4. The number of nitrogens with zero attached hydrogens (tertiary/aromatic N) is 1. The van der Waals surface area contributed by atoms with Gasteiger partial charge >= 0.3 is 17.9 Å². The molecule has 16 nitrogen and oxygen atoms in total. The van der Waals surface area contributed by atoms with Gasteiger partial charge in [0.1, 0.15) is 55.3 Å². The van der Waals surface area contributed by atoms with Gasteiger partial charge < -0.3 is 59.6 Å². The maximum atomic E-state index is 13.9. The second-order valence-electron chi connectivity index (χ2n) is 16.6. The first kappa shape index (κ1) is 47.4. The van der Waals surface area contributed by atoms with E-state index in [-0.39, 0.29) is 44.8 Å². The summed E-state index contributed by atoms with van der Waals surface area (Å²) in [7, 11) is 0. The first-order valence-corrected chi connectivity index (χ1v) is 22.5. The zero-order valence-electron chi connectivity index (χ0n) is 35.8. The van der Waals surface area contributed by atoms with Crippen LogP contribution >= 0.6 is 11.8 Å². The number of nitrogens with two attached hydrogens (primary N) is 2. The van der Waals surface area contributed by atoms with Gasteiger partial charge in [0.2, 0.25) is 0 Å². The van der Waals surface area contributed by atoms with Gasteiger partial charge in [0.05, 0.1) is 30.2 Å². The molecule has 0 amide bonds. The average Bonchev–Trinajstić information content (AvgIpc) is 3.28. The highest BCUT2D eigenvalue weighted by molar-refractivity contribution is 7.99. The van der Waals surface area contributed by atoms with Crippen LogP contribution in [0.1, 0.15) is 55.5 Å². The molecule has 6 N–H and O–H groups in total. The molecule has 1 aromatic heterocycles. The lowest BCUT2D eigenvalue weighted by atomic mass is 9.97. The van der Waals surface area contributed by atoms with Crippen LogP contribution in [0.2, 0.25) is 0 Å². The third kappa shape index (κ3) is 12.6. The number of benzene rings is 3. The Morgan fingerprint density at radius 1 is 0.766 bits per heavy atom. The second-order valence-corrected chi connectivity index (χ2v) is 17.8. The minimum atomic E-state index is -1.17. The van der Waals surface area contributed by atoms with Crippen LogP contribution in [0.5, 0.6) is 0 Å². The van der Waals surface area contributed by atoms with Crippen molar-refractivity contribution in [2.45, 2.75) is 124 Å². The summed E-state index contributed by atoms with van der Waals surface area (Å²) in [6.07, 6.45) is -7.45. The van der Waals surface area contributed by atoms with Crippen molar-refractivity contribution >= 4 is 40.6 Å². The molecule has 64 heavy (non-hydrogen) atoms. The monoisotopic (exact) mass is 903 g/mol. The average molecular weight is 904 g/mol. The molecule has 7 rings (SSSR count). The standard InChI is InChI=1S/C47H57N3O13S/c1-27(2)19-39(52)56-25-37-44(54)32(48)21-41(60-37)63-46-35(58-40(53)20-29-17-18-50-34-16-10-9-15-31(29)34)23-42(59-36(46)24-51)62-45-33(49)22-43(64-30-13-7-4-8-14-30)61-38(45)26-57-47(55)28-11-5-3-6-12-28/h3-18,27,32-33,35-38,41-46,51,54H,19-26,48-49H2,1-2H3/t32-,33-,35-,36-,37-,38-,41-,42-,43-,44-,45-,46-/m1/s1. The molecule has 0 bridgehead atoms. The summed E-state index contributed by atoms with van der Waals surface area (Å²) >= 11 is 1.49. The fraction of sp³-hybridized carbons (Fsp3) is 0.489. The zero-order chi connectivity index (χ0) is 45.2. The molecule has 3 fully saturated rings. The molecule has 0 spiro atoms. The highest BCUT2D eigenvalue weighted by atomic mass is 32.2. The summed E-state index contributed by atoms with van der Waals surface area (Å²) in [5.41, 5.74) is 14.6. The molecule has 0 saturated carbocycles. The van der Waals surface area contributed by atoms with E-state index >= 15 is 0 Å². The van der Waals surface area contributed by atoms with E-state index in [4.69, 9.17) is 49.4 Å². The van der Waals surface area contributed by atoms with Crippen LogP contribution in [0.4, 0.5) is 0 Å². The number of esters is 3. The van der Waals surface area contributed by atoms with Gasteiger partial charge in [-0.15, -0.1) is 0 Å². The summed E-state index contributed by atoms with van der Waals surface area (Å²) in [6.45, 7) is 2.71. The Morgan fingerprint density at radius 2 is 1.44 bits per heavy atom. The molecule has 3 aliphatic rings. The van der Waals surface area contributed by atoms with Crippen LogP contribution in [0.25, 0.3) is 10.9 Å². The predicted molar refractivity (Wildman–Crippen MR) is 233 cm³/mol. The van der Waals surface area contributed by atoms with Gasteiger partial charge in [-0.05, 0) is 47.9 Å². The van der Waals surface area contributed by atoms with Crippen molar-refractivity contribution in [1.29, 1.82) is 0 Å². The van der Waals surface area contributed by atoms with Crippen molar-refractivity contribution in [2.24, 2.45) is 17.4 Å². The number of rotatable bonds is 17. The van der Waals surface area contributed by atoms with Crippen molar-refractivity contribution in [3.05, 3.63) is 108 Å². The third-order valence-corrected chi connectivity index (χ3v) is 12.3. The maximum Gasteiger partial charge on any atom is 0.338 e. The van der Waals surface area contributed by atoms with Gasteiger partial charge in [-0.1, -0.05) is 80.2 Å². The number of para-hydroxylation sites is 1. The van der Waals surface area contributed by atoms with Crippen molar-refractivity contribution in [2.75, 3.05) is 19.8 Å². The first-order valence-electron chi connectivity index (χ1n) is 21.6. The number of fused-ring (bicyclic) bond motifs is 1. The molecule has 0 unspecified atom stereocenters. The molecular weight excluding hydrogens is 847 g/mol. The minimum absolute atomic E-state index is 0.0235. The van der Waals surface area contributed by atoms with Crippen LogP contribution in [0, 0.1) is 5.92 Å². The molecular formula is C47H57N3O13S. The van der Waals surface area contributed by atoms with Crippen LogP contribution in [-0.2, 0) is 53.9 Å². The molecule has 3 aromatic carbocycles. The minimum Gasteiger partial charge on any atom is -0.463 e. The normalized spacial score (nSPS) is 29.5. The fourth-order valence-corrected chi connectivity index (χ4v) is 9.16. The molecule has 4 heterocycles. The summed E-state index contributed by atoms with van der Waals surface area (Å²) in [5, 5.41) is 22.5. The Kier molecular flexibility index (Phi) is 16.7. The van der Waals surface area contributed by atoms with Gasteiger partial charge in [-0.3, -0.25) is 14.6 Å². The Bertz CT molecular complexity index is 2130. The molecule has 3 aliphatic heterocycles. The molecule has 0 radical (unpaired) electrons. The van der Waals surface area contributed by atoms with E-state index in [1.807, 2.05) is 68.4 Å². The van der Waals surface area contributed by atoms with Crippen molar-refractivity contribution in [3.8, 4) is 0 Å². The van der Waals surface area contributed by atoms with E-state index in [0.717, 1.165) is 10.3 Å². The van der Waals surface area contributed by atoms with E-state index in [2.05, 4.69) is 4.98 Å². The number of carbonyl (C=O) groups excluding carboxylic acids is 3. The number of aromatic nitrogens is 1. The van der Waals surface area contributed by atoms with Crippen molar-refractivity contribution in [1.82, 2.24) is 4.98 Å². The van der Waals surface area contributed by atoms with Gasteiger partial charge in [0.25, 0.3) is 0 Å². The largest absolute Gasteiger partial charge is 0.463 e. The lowest BCUT2D eigenvalue weighted by molar-refractivity contribution is -0.326. The number of aliphatic hydroxyl groups excluding tert-OH is 2. The topological polar surface area (TPSA) is 230 Å². The van der Waals surface area contributed by atoms with Crippen LogP contribution in [0.15, 0.2) is 102 Å². The number of carbonyl (C=O) groups is 3. The van der Waals surface area contributed by atoms with E-state index in [1.54, 1.807) is 42.6 Å². The lowest BCUT2D eigenvalue weighted by Crippen LogP contribution is -2.60. The highest BCUT2D eigenvalue weighted by Crippen LogP contribution is 2.37. The van der Waals surface area contributed by atoms with Crippen molar-refractivity contribution in [3.63, 3.8) is 0 Å². The number of aliphatic hydroxyl groups is 2. The number of pyridine rings is 1. The summed E-state index contributed by atoms with van der Waals surface area (Å²) in [5.74, 6) is -1.53. The Labute approximate surface area is 376 Å². The van der Waals surface area contributed by atoms with E-state index in [9.17, 15) is 24.6 Å². The number of ether oxygens (including phenoxy) is 8. The van der Waals surface area contributed by atoms with Crippen molar-refractivity contribution < 1.29 is 62.5 Å². The first-order chi connectivity index (χ1) is 30.9. The van der Waals surface area contributed by atoms with Crippen LogP contribution < -0.4 is 11.5 Å². The zero-order valence-corrected chi connectivity index (χ0v) is 36.6. The smallest absolute Gasteiger partial charge is 0.338 e. The Hall–Kier alpha value is -4.53. The Morgan fingerprint density at radius 3 is 2.19 bits per heavy atom. The highest BCUT2D eigenvalue weighted by Gasteiger charge is 2.48. The van der Waals surface area contributed by atoms with Gasteiger partial charge in [0.15, 0.2) is 12.6 Å². The predicted octanol–water partition coefficient (Wildman–Crippen LogP) is 4.05. The second kappa shape index (κ2) is 22.6.